The molecule has 1 nitrogen and oxygen atoms in total. The second kappa shape index (κ2) is 4.35. The van der Waals surface area contributed by atoms with Crippen LogP contribution in [0.25, 0.3) is 11.1 Å². The molecule has 2 rings (SSSR count). The van der Waals surface area contributed by atoms with Gasteiger partial charge in [0.25, 0.3) is 0 Å². The topological polar surface area (TPSA) is 9.23 Å². The maximum atomic E-state index is 13.0. The standard InChI is InChI=1S/C14H12FO/c1-10-9-11(15)7-8-12(10)13-5-3-4-6-14(13)16-2/h3-5,7-9H,1-2H3. The van der Waals surface area contributed by atoms with Gasteiger partial charge in [0.15, 0.2) is 0 Å². The van der Waals surface area contributed by atoms with Gasteiger partial charge in [0.2, 0.25) is 0 Å². The van der Waals surface area contributed by atoms with E-state index in [4.69, 9.17) is 4.74 Å². The lowest BCUT2D eigenvalue weighted by Crippen LogP contribution is -1.90. The number of hydrogen-bond donors (Lipinski definition) is 0. The van der Waals surface area contributed by atoms with Crippen LogP contribution in [0.2, 0.25) is 0 Å². The first-order chi connectivity index (χ1) is 7.72. The number of para-hydroxylation sites is 1. The van der Waals surface area contributed by atoms with Crippen LogP contribution in [-0.2, 0) is 0 Å². The highest BCUT2D eigenvalue weighted by Crippen LogP contribution is 2.31. The van der Waals surface area contributed by atoms with Gasteiger partial charge in [-0.1, -0.05) is 24.3 Å². The van der Waals surface area contributed by atoms with Crippen molar-refractivity contribution in [1.82, 2.24) is 0 Å². The van der Waals surface area contributed by atoms with Crippen molar-refractivity contribution in [2.45, 2.75) is 6.92 Å². The van der Waals surface area contributed by atoms with Gasteiger partial charge in [-0.25, -0.2) is 4.39 Å². The van der Waals surface area contributed by atoms with E-state index >= 15 is 0 Å². The largest absolute Gasteiger partial charge is 0.495 e. The van der Waals surface area contributed by atoms with Crippen molar-refractivity contribution in [3.8, 4) is 16.9 Å². The Bertz CT molecular complexity index is 506. The predicted octanol–water partition coefficient (Wildman–Crippen LogP) is 3.61. The lowest BCUT2D eigenvalue weighted by Gasteiger charge is -2.10. The van der Waals surface area contributed by atoms with Gasteiger partial charge < -0.3 is 4.74 Å². The molecule has 0 saturated heterocycles. The monoisotopic (exact) mass is 215 g/mol. The second-order valence-corrected chi connectivity index (χ2v) is 3.58. The van der Waals surface area contributed by atoms with E-state index in [0.29, 0.717) is 5.75 Å². The fourth-order valence-electron chi connectivity index (χ4n) is 1.73. The molecular formula is C14H12FO. The zero-order valence-corrected chi connectivity index (χ0v) is 9.25. The lowest BCUT2D eigenvalue weighted by atomic mass is 10.00. The normalized spacial score (nSPS) is 10.2. The molecule has 2 heteroatoms. The van der Waals surface area contributed by atoms with Crippen molar-refractivity contribution in [1.29, 1.82) is 0 Å². The summed E-state index contributed by atoms with van der Waals surface area (Å²) in [4.78, 5) is 0. The molecule has 0 aliphatic carbocycles. The Labute approximate surface area is 94.5 Å². The average molecular weight is 215 g/mol. The Balaban J connectivity index is 2.58. The minimum atomic E-state index is -0.222. The van der Waals surface area contributed by atoms with Crippen LogP contribution in [0, 0.1) is 18.8 Å². The van der Waals surface area contributed by atoms with Crippen LogP contribution in [0.15, 0.2) is 36.4 Å². The summed E-state index contributed by atoms with van der Waals surface area (Å²) in [5.41, 5.74) is 2.79. The highest BCUT2D eigenvalue weighted by atomic mass is 19.1. The highest BCUT2D eigenvalue weighted by Gasteiger charge is 2.08. The molecule has 2 aromatic rings. The van der Waals surface area contributed by atoms with E-state index in [9.17, 15) is 4.39 Å². The summed E-state index contributed by atoms with van der Waals surface area (Å²) < 4.78 is 18.2. The number of aryl methyl sites for hydroxylation is 1. The molecule has 2 aromatic carbocycles. The van der Waals surface area contributed by atoms with Crippen molar-refractivity contribution >= 4 is 0 Å². The van der Waals surface area contributed by atoms with E-state index < -0.39 is 0 Å². The molecule has 0 N–H and O–H groups in total. The third kappa shape index (κ3) is 1.91. The Morgan fingerprint density at radius 1 is 1.19 bits per heavy atom. The van der Waals surface area contributed by atoms with Gasteiger partial charge >= 0.3 is 0 Å². The molecule has 0 aliphatic rings. The van der Waals surface area contributed by atoms with Crippen LogP contribution in [-0.4, -0.2) is 7.11 Å². The molecule has 81 valence electrons. The van der Waals surface area contributed by atoms with E-state index in [1.54, 1.807) is 19.2 Å². The number of rotatable bonds is 2. The number of benzene rings is 2. The van der Waals surface area contributed by atoms with Crippen LogP contribution in [0.3, 0.4) is 0 Å². The Kier molecular flexibility index (Phi) is 2.91. The van der Waals surface area contributed by atoms with Crippen LogP contribution < -0.4 is 4.74 Å². The summed E-state index contributed by atoms with van der Waals surface area (Å²) in [7, 11) is 1.61. The first-order valence-corrected chi connectivity index (χ1v) is 5.03. The average Bonchev–Trinajstić information content (AvgIpc) is 2.29. The number of hydrogen-bond acceptors (Lipinski definition) is 1. The van der Waals surface area contributed by atoms with Gasteiger partial charge in [0, 0.05) is 11.6 Å². The lowest BCUT2D eigenvalue weighted by molar-refractivity contribution is 0.415. The molecule has 0 spiro atoms. The second-order valence-electron chi connectivity index (χ2n) is 3.58. The molecule has 0 amide bonds. The van der Waals surface area contributed by atoms with Crippen LogP contribution >= 0.6 is 0 Å². The predicted molar refractivity (Wildman–Crippen MR) is 62.0 cm³/mol. The molecule has 0 atom stereocenters. The van der Waals surface area contributed by atoms with Gasteiger partial charge in [0.1, 0.15) is 11.6 Å². The first-order valence-electron chi connectivity index (χ1n) is 5.03. The summed E-state index contributed by atoms with van der Waals surface area (Å²) in [6.45, 7) is 1.88. The maximum Gasteiger partial charge on any atom is 0.134 e. The summed E-state index contributed by atoms with van der Waals surface area (Å²) >= 11 is 0. The third-order valence-electron chi connectivity index (χ3n) is 2.50. The summed E-state index contributed by atoms with van der Waals surface area (Å²) in [6, 6.07) is 13.4. The summed E-state index contributed by atoms with van der Waals surface area (Å²) in [5.74, 6) is 0.456. The Morgan fingerprint density at radius 3 is 2.69 bits per heavy atom. The van der Waals surface area contributed by atoms with E-state index in [0.717, 1.165) is 16.7 Å². The van der Waals surface area contributed by atoms with Gasteiger partial charge in [0.05, 0.1) is 7.11 Å². The smallest absolute Gasteiger partial charge is 0.134 e. The minimum absolute atomic E-state index is 0.222. The zero-order chi connectivity index (χ0) is 11.5. The molecule has 0 aliphatic heterocycles. The van der Waals surface area contributed by atoms with E-state index in [1.807, 2.05) is 19.1 Å². The first kappa shape index (κ1) is 10.7. The maximum absolute atomic E-state index is 13.0. The SMILES string of the molecule is COc1[c]cccc1-c1ccc(F)cc1C. The number of halogens is 1. The highest BCUT2D eigenvalue weighted by molar-refractivity contribution is 5.72. The van der Waals surface area contributed by atoms with Crippen LogP contribution in [0.1, 0.15) is 5.56 Å². The Hall–Kier alpha value is -1.83. The van der Waals surface area contributed by atoms with Crippen molar-refractivity contribution in [2.24, 2.45) is 0 Å². The molecule has 0 bridgehead atoms. The quantitative estimate of drug-likeness (QED) is 0.743. The number of methoxy groups -OCH3 is 1. The van der Waals surface area contributed by atoms with Gasteiger partial charge in [-0.2, -0.15) is 0 Å². The molecular weight excluding hydrogens is 203 g/mol. The molecule has 0 aromatic heterocycles. The van der Waals surface area contributed by atoms with Crippen LogP contribution in [0.5, 0.6) is 5.75 Å². The third-order valence-corrected chi connectivity index (χ3v) is 2.50. The van der Waals surface area contributed by atoms with E-state index in [1.165, 1.54) is 12.1 Å². The minimum Gasteiger partial charge on any atom is -0.495 e. The molecule has 16 heavy (non-hydrogen) atoms. The molecule has 0 fully saturated rings. The zero-order valence-electron chi connectivity index (χ0n) is 9.25. The Morgan fingerprint density at radius 2 is 2.00 bits per heavy atom. The molecule has 0 unspecified atom stereocenters. The van der Waals surface area contributed by atoms with Crippen LogP contribution in [0.4, 0.5) is 4.39 Å². The van der Waals surface area contributed by atoms with Gasteiger partial charge in [-0.15, -0.1) is 0 Å². The van der Waals surface area contributed by atoms with E-state index in [-0.39, 0.29) is 5.82 Å². The van der Waals surface area contributed by atoms with Crippen molar-refractivity contribution in [2.75, 3.05) is 7.11 Å². The van der Waals surface area contributed by atoms with E-state index in [2.05, 4.69) is 6.07 Å². The molecule has 0 saturated carbocycles. The molecule has 1 radical (unpaired) electrons. The molecule has 0 heterocycles. The fourth-order valence-corrected chi connectivity index (χ4v) is 1.73. The number of ether oxygens (including phenoxy) is 1. The summed E-state index contributed by atoms with van der Waals surface area (Å²) in [5, 5.41) is 0. The van der Waals surface area contributed by atoms with Crippen molar-refractivity contribution in [3.05, 3.63) is 53.8 Å². The van der Waals surface area contributed by atoms with Crippen molar-refractivity contribution < 1.29 is 9.13 Å². The summed E-state index contributed by atoms with van der Waals surface area (Å²) in [6.07, 6.45) is 0. The van der Waals surface area contributed by atoms with Crippen molar-refractivity contribution in [3.63, 3.8) is 0 Å². The van der Waals surface area contributed by atoms with Gasteiger partial charge in [-0.3, -0.25) is 0 Å². The fraction of sp³-hybridized carbons (Fsp3) is 0.143. The van der Waals surface area contributed by atoms with Gasteiger partial charge in [-0.05, 0) is 30.2 Å².